The van der Waals surface area contributed by atoms with Crippen molar-refractivity contribution in [3.8, 4) is 0 Å². The standard InChI is InChI=1S/C11H10N6O3/c12-9-4-17(16-15-9)5-10(18)13-6-1-2-8-7(3-6)14-11(19)20-8/h1-4H,5,12H2,(H,13,18)(H,14,19). The first-order valence-corrected chi connectivity index (χ1v) is 5.68. The lowest BCUT2D eigenvalue weighted by molar-refractivity contribution is -0.116. The van der Waals surface area contributed by atoms with Gasteiger partial charge in [-0.3, -0.25) is 9.78 Å². The van der Waals surface area contributed by atoms with E-state index in [-0.39, 0.29) is 18.3 Å². The number of oxazole rings is 1. The van der Waals surface area contributed by atoms with Crippen LogP contribution >= 0.6 is 0 Å². The van der Waals surface area contributed by atoms with Crippen molar-refractivity contribution in [1.82, 2.24) is 20.0 Å². The van der Waals surface area contributed by atoms with Crippen LogP contribution in [0.5, 0.6) is 0 Å². The summed E-state index contributed by atoms with van der Waals surface area (Å²) in [6, 6.07) is 4.83. The average molecular weight is 274 g/mol. The Kier molecular flexibility index (Phi) is 2.71. The van der Waals surface area contributed by atoms with Crippen molar-refractivity contribution in [1.29, 1.82) is 0 Å². The van der Waals surface area contributed by atoms with Gasteiger partial charge in [-0.1, -0.05) is 5.21 Å². The Morgan fingerprint density at radius 1 is 1.50 bits per heavy atom. The zero-order chi connectivity index (χ0) is 14.1. The molecule has 102 valence electrons. The molecule has 0 unspecified atom stereocenters. The number of fused-ring (bicyclic) bond motifs is 1. The van der Waals surface area contributed by atoms with Crippen LogP contribution in [0.15, 0.2) is 33.6 Å². The molecule has 0 atom stereocenters. The van der Waals surface area contributed by atoms with Gasteiger partial charge in [0.05, 0.1) is 11.7 Å². The van der Waals surface area contributed by atoms with E-state index in [0.717, 1.165) is 0 Å². The number of carbonyl (C=O) groups excluding carboxylic acids is 1. The summed E-state index contributed by atoms with van der Waals surface area (Å²) in [6.45, 7) is -0.00978. The predicted octanol–water partition coefficient (Wildman–Crippen LogP) is -0.0665. The quantitative estimate of drug-likeness (QED) is 0.612. The molecule has 3 aromatic rings. The van der Waals surface area contributed by atoms with E-state index in [0.29, 0.717) is 16.8 Å². The summed E-state index contributed by atoms with van der Waals surface area (Å²) in [5.41, 5.74) is 6.88. The van der Waals surface area contributed by atoms with Gasteiger partial charge in [0.1, 0.15) is 6.54 Å². The highest BCUT2D eigenvalue weighted by molar-refractivity contribution is 5.92. The number of nitrogens with zero attached hydrogens (tertiary/aromatic N) is 3. The minimum Gasteiger partial charge on any atom is -0.408 e. The van der Waals surface area contributed by atoms with Gasteiger partial charge in [-0.2, -0.15) is 0 Å². The maximum Gasteiger partial charge on any atom is 0.417 e. The third kappa shape index (κ3) is 2.36. The monoisotopic (exact) mass is 274 g/mol. The van der Waals surface area contributed by atoms with Crippen molar-refractivity contribution >= 4 is 28.5 Å². The third-order valence-electron chi connectivity index (χ3n) is 2.56. The molecular weight excluding hydrogens is 264 g/mol. The zero-order valence-electron chi connectivity index (χ0n) is 10.2. The highest BCUT2D eigenvalue weighted by Gasteiger charge is 2.07. The Labute approximate surface area is 111 Å². The van der Waals surface area contributed by atoms with Crippen molar-refractivity contribution < 1.29 is 9.21 Å². The number of rotatable bonds is 3. The van der Waals surface area contributed by atoms with Crippen LogP contribution in [0.25, 0.3) is 11.1 Å². The van der Waals surface area contributed by atoms with Crippen LogP contribution in [-0.2, 0) is 11.3 Å². The normalized spacial score (nSPS) is 10.8. The molecular formula is C11H10N6O3. The zero-order valence-corrected chi connectivity index (χ0v) is 10.2. The van der Waals surface area contributed by atoms with Crippen molar-refractivity contribution in [2.45, 2.75) is 6.54 Å². The van der Waals surface area contributed by atoms with Gasteiger partial charge in [0.25, 0.3) is 0 Å². The van der Waals surface area contributed by atoms with E-state index in [1.165, 1.54) is 10.9 Å². The molecule has 0 aliphatic carbocycles. The van der Waals surface area contributed by atoms with E-state index in [4.69, 9.17) is 10.2 Å². The number of hydrogen-bond donors (Lipinski definition) is 3. The number of nitrogens with one attached hydrogen (secondary N) is 2. The van der Waals surface area contributed by atoms with Gasteiger partial charge in [-0.15, -0.1) is 5.10 Å². The highest BCUT2D eigenvalue weighted by atomic mass is 16.4. The van der Waals surface area contributed by atoms with Gasteiger partial charge in [0.15, 0.2) is 11.4 Å². The van der Waals surface area contributed by atoms with Crippen molar-refractivity contribution in [3.05, 3.63) is 34.9 Å². The molecule has 2 aromatic heterocycles. The van der Waals surface area contributed by atoms with Crippen LogP contribution in [0, 0.1) is 0 Å². The lowest BCUT2D eigenvalue weighted by atomic mass is 10.3. The third-order valence-corrected chi connectivity index (χ3v) is 2.56. The van der Waals surface area contributed by atoms with E-state index in [9.17, 15) is 9.59 Å². The summed E-state index contributed by atoms with van der Waals surface area (Å²) in [6.07, 6.45) is 1.45. The number of H-pyrrole nitrogens is 1. The number of hydrogen-bond acceptors (Lipinski definition) is 6. The molecule has 0 spiro atoms. The molecule has 1 aromatic carbocycles. The van der Waals surface area contributed by atoms with Gasteiger partial charge in [0, 0.05) is 5.69 Å². The predicted molar refractivity (Wildman–Crippen MR) is 69.9 cm³/mol. The molecule has 3 rings (SSSR count). The highest BCUT2D eigenvalue weighted by Crippen LogP contribution is 2.16. The first kappa shape index (κ1) is 12.0. The molecule has 0 bridgehead atoms. The average Bonchev–Trinajstić information content (AvgIpc) is 2.93. The molecule has 1 amide bonds. The number of aromatic amines is 1. The first-order valence-electron chi connectivity index (χ1n) is 5.68. The topological polar surface area (TPSA) is 132 Å². The van der Waals surface area contributed by atoms with Gasteiger partial charge >= 0.3 is 5.76 Å². The lowest BCUT2D eigenvalue weighted by Crippen LogP contribution is -2.19. The SMILES string of the molecule is Nc1cn(CC(=O)Nc2ccc3oc(=O)[nH]c3c2)nn1. The summed E-state index contributed by atoms with van der Waals surface area (Å²) in [7, 11) is 0. The molecule has 9 nitrogen and oxygen atoms in total. The van der Waals surface area contributed by atoms with E-state index in [1.54, 1.807) is 18.2 Å². The molecule has 20 heavy (non-hydrogen) atoms. The minimum atomic E-state index is -0.540. The summed E-state index contributed by atoms with van der Waals surface area (Å²) in [4.78, 5) is 25.3. The second-order valence-electron chi connectivity index (χ2n) is 4.11. The number of benzene rings is 1. The number of anilines is 2. The van der Waals surface area contributed by atoms with Crippen LogP contribution in [0.1, 0.15) is 0 Å². The number of carbonyl (C=O) groups is 1. The van der Waals surface area contributed by atoms with E-state index in [2.05, 4.69) is 20.6 Å². The van der Waals surface area contributed by atoms with Crippen molar-refractivity contribution in [3.63, 3.8) is 0 Å². The van der Waals surface area contributed by atoms with Crippen LogP contribution < -0.4 is 16.8 Å². The molecule has 4 N–H and O–H groups in total. The smallest absolute Gasteiger partial charge is 0.408 e. The summed E-state index contributed by atoms with van der Waals surface area (Å²) < 4.78 is 6.19. The van der Waals surface area contributed by atoms with Crippen LogP contribution in [0.3, 0.4) is 0 Å². The minimum absolute atomic E-state index is 0.00978. The van der Waals surface area contributed by atoms with Crippen LogP contribution in [0.4, 0.5) is 11.5 Å². The van der Waals surface area contributed by atoms with Crippen molar-refractivity contribution in [2.75, 3.05) is 11.1 Å². The maximum absolute atomic E-state index is 11.8. The molecule has 0 aliphatic rings. The maximum atomic E-state index is 11.8. The molecule has 9 heteroatoms. The Morgan fingerprint density at radius 3 is 3.10 bits per heavy atom. The van der Waals surface area contributed by atoms with Crippen LogP contribution in [-0.4, -0.2) is 25.9 Å². The Bertz CT molecular complexity index is 830. The number of amides is 1. The van der Waals surface area contributed by atoms with E-state index < -0.39 is 5.76 Å². The second-order valence-corrected chi connectivity index (χ2v) is 4.11. The fraction of sp³-hybridized carbons (Fsp3) is 0.0909. The van der Waals surface area contributed by atoms with Gasteiger partial charge in [-0.25, -0.2) is 9.48 Å². The fourth-order valence-electron chi connectivity index (χ4n) is 1.77. The molecule has 0 aliphatic heterocycles. The Morgan fingerprint density at radius 2 is 2.35 bits per heavy atom. The largest absolute Gasteiger partial charge is 0.417 e. The first-order chi connectivity index (χ1) is 9.60. The van der Waals surface area contributed by atoms with E-state index in [1.807, 2.05) is 0 Å². The van der Waals surface area contributed by atoms with Gasteiger partial charge < -0.3 is 15.5 Å². The summed E-state index contributed by atoms with van der Waals surface area (Å²) in [5.74, 6) is -0.586. The second kappa shape index (κ2) is 4.53. The number of nitrogen functional groups attached to an aromatic ring is 1. The number of aromatic nitrogens is 4. The van der Waals surface area contributed by atoms with Crippen molar-refractivity contribution in [2.24, 2.45) is 0 Å². The molecule has 0 radical (unpaired) electrons. The molecule has 0 saturated carbocycles. The molecule has 0 fully saturated rings. The molecule has 2 heterocycles. The Balaban J connectivity index is 1.75. The number of nitrogens with two attached hydrogens (primary N) is 1. The summed E-state index contributed by atoms with van der Waals surface area (Å²) >= 11 is 0. The fourth-order valence-corrected chi connectivity index (χ4v) is 1.77. The summed E-state index contributed by atoms with van der Waals surface area (Å²) in [5, 5.41) is 9.92. The van der Waals surface area contributed by atoms with Gasteiger partial charge in [-0.05, 0) is 18.2 Å². The van der Waals surface area contributed by atoms with Gasteiger partial charge in [0.2, 0.25) is 5.91 Å². The molecule has 0 saturated heterocycles. The Hall–Kier alpha value is -3.10. The lowest BCUT2D eigenvalue weighted by Gasteiger charge is -2.04. The van der Waals surface area contributed by atoms with E-state index >= 15 is 0 Å². The van der Waals surface area contributed by atoms with Crippen LogP contribution in [0.2, 0.25) is 0 Å².